The van der Waals surface area contributed by atoms with Crippen LogP contribution < -0.4 is 9.47 Å². The van der Waals surface area contributed by atoms with Crippen molar-refractivity contribution in [3.8, 4) is 11.5 Å². The van der Waals surface area contributed by atoms with Gasteiger partial charge in [0.1, 0.15) is 13.2 Å². The molecule has 2 aromatic rings. The molecule has 4 rings (SSSR count). The highest BCUT2D eigenvalue weighted by molar-refractivity contribution is 7.90. The van der Waals surface area contributed by atoms with Crippen molar-refractivity contribution >= 4 is 27.3 Å². The zero-order valence-corrected chi connectivity index (χ0v) is 16.9. The van der Waals surface area contributed by atoms with E-state index in [1.165, 1.54) is 12.1 Å². The second-order valence-electron chi connectivity index (χ2n) is 6.98. The first-order valence-corrected chi connectivity index (χ1v) is 11.3. The number of ether oxygens (including phenoxy) is 2. The van der Waals surface area contributed by atoms with Crippen molar-refractivity contribution in [3.63, 3.8) is 0 Å². The molecule has 2 heterocycles. The Hall–Kier alpha value is -2.25. The molecule has 0 unspecified atom stereocenters. The highest BCUT2D eigenvalue weighted by Gasteiger charge is 2.32. The van der Waals surface area contributed by atoms with Crippen LogP contribution in [0.1, 0.15) is 34.8 Å². The number of carbonyl (C=O) groups excluding carboxylic acids is 1. The summed E-state index contributed by atoms with van der Waals surface area (Å²) in [4.78, 5) is 14.9. The Bertz CT molecular complexity index is 1040. The second-order valence-corrected chi connectivity index (χ2v) is 9.37. The summed E-state index contributed by atoms with van der Waals surface area (Å²) in [5, 5.41) is 0.115. The molecule has 28 heavy (non-hydrogen) atoms. The lowest BCUT2D eigenvalue weighted by molar-refractivity contribution is 0.0735. The first-order valence-electron chi connectivity index (χ1n) is 9.05. The van der Waals surface area contributed by atoms with Crippen LogP contribution in [0.2, 0.25) is 5.02 Å². The molecule has 1 amide bonds. The number of nitrogens with zero attached hydrogens (tertiary/aromatic N) is 1. The molecule has 2 aliphatic heterocycles. The van der Waals surface area contributed by atoms with Gasteiger partial charge in [-0.3, -0.25) is 4.79 Å². The van der Waals surface area contributed by atoms with E-state index in [2.05, 4.69) is 0 Å². The molecule has 0 aromatic heterocycles. The quantitative estimate of drug-likeness (QED) is 0.758. The van der Waals surface area contributed by atoms with Crippen LogP contribution in [-0.2, 0) is 9.84 Å². The summed E-state index contributed by atoms with van der Waals surface area (Å²) >= 11 is 6.01. The molecule has 1 fully saturated rings. The largest absolute Gasteiger partial charge is 0.486 e. The van der Waals surface area contributed by atoms with Gasteiger partial charge in [0.25, 0.3) is 5.91 Å². The van der Waals surface area contributed by atoms with Crippen molar-refractivity contribution in [3.05, 3.63) is 52.5 Å². The van der Waals surface area contributed by atoms with Gasteiger partial charge in [-0.15, -0.1) is 0 Å². The van der Waals surface area contributed by atoms with E-state index in [1.54, 1.807) is 11.0 Å². The van der Waals surface area contributed by atoms with E-state index in [0.29, 0.717) is 36.8 Å². The summed E-state index contributed by atoms with van der Waals surface area (Å²) in [6, 6.07) is 10.0. The van der Waals surface area contributed by atoms with Gasteiger partial charge in [-0.25, -0.2) is 8.42 Å². The summed E-state index contributed by atoms with van der Waals surface area (Å²) in [7, 11) is -3.52. The lowest BCUT2D eigenvalue weighted by atomic mass is 10.0. The maximum absolute atomic E-state index is 13.1. The molecule has 0 N–H and O–H groups in total. The van der Waals surface area contributed by atoms with Gasteiger partial charge in [0.2, 0.25) is 0 Å². The minimum absolute atomic E-state index is 0.0323. The van der Waals surface area contributed by atoms with Crippen LogP contribution in [-0.4, -0.2) is 45.2 Å². The molecule has 0 radical (unpaired) electrons. The molecule has 148 valence electrons. The van der Waals surface area contributed by atoms with Crippen LogP contribution in [0.4, 0.5) is 0 Å². The van der Waals surface area contributed by atoms with Crippen molar-refractivity contribution < 1.29 is 22.7 Å². The standard InChI is InChI=1S/C20H20ClNO5S/c1-28(24,25)19-12-14(4-6-15(19)21)20(23)22-8-2-3-16(22)13-5-7-17-18(11-13)27-10-9-26-17/h4-7,11-12,16H,2-3,8-10H2,1H3/t16-/m1/s1. The van der Waals surface area contributed by atoms with Crippen molar-refractivity contribution in [2.45, 2.75) is 23.8 Å². The van der Waals surface area contributed by atoms with E-state index >= 15 is 0 Å². The predicted octanol–water partition coefficient (Wildman–Crippen LogP) is 3.49. The van der Waals surface area contributed by atoms with Gasteiger partial charge in [0, 0.05) is 18.4 Å². The lowest BCUT2D eigenvalue weighted by Crippen LogP contribution is -2.30. The molecule has 8 heteroatoms. The Morgan fingerprint density at radius 3 is 2.61 bits per heavy atom. The van der Waals surface area contributed by atoms with Crippen LogP contribution in [0, 0.1) is 0 Å². The molecular formula is C20H20ClNO5S. The van der Waals surface area contributed by atoms with E-state index in [1.807, 2.05) is 18.2 Å². The molecule has 0 spiro atoms. The smallest absolute Gasteiger partial charge is 0.254 e. The molecule has 0 bridgehead atoms. The average Bonchev–Trinajstić information content (AvgIpc) is 3.16. The molecule has 1 saturated heterocycles. The number of carbonyl (C=O) groups is 1. The van der Waals surface area contributed by atoms with Crippen molar-refractivity contribution in [1.29, 1.82) is 0 Å². The van der Waals surface area contributed by atoms with Crippen molar-refractivity contribution in [2.75, 3.05) is 26.0 Å². The lowest BCUT2D eigenvalue weighted by Gasteiger charge is -2.27. The first-order chi connectivity index (χ1) is 13.3. The molecular weight excluding hydrogens is 402 g/mol. The molecule has 0 aliphatic carbocycles. The number of hydrogen-bond donors (Lipinski definition) is 0. The highest BCUT2D eigenvalue weighted by atomic mass is 35.5. The van der Waals surface area contributed by atoms with Gasteiger partial charge in [0.05, 0.1) is 16.0 Å². The third-order valence-corrected chi connectivity index (χ3v) is 6.62. The third kappa shape index (κ3) is 3.56. The maximum atomic E-state index is 13.1. The number of benzene rings is 2. The number of fused-ring (bicyclic) bond motifs is 1. The Labute approximate surface area is 168 Å². The number of halogens is 1. The van der Waals surface area contributed by atoms with E-state index < -0.39 is 9.84 Å². The van der Waals surface area contributed by atoms with Gasteiger partial charge in [0.15, 0.2) is 21.3 Å². The van der Waals surface area contributed by atoms with E-state index in [9.17, 15) is 13.2 Å². The summed E-state index contributed by atoms with van der Waals surface area (Å²) < 4.78 is 35.1. The predicted molar refractivity (Wildman–Crippen MR) is 105 cm³/mol. The van der Waals surface area contributed by atoms with Crippen LogP contribution in [0.15, 0.2) is 41.3 Å². The second kappa shape index (κ2) is 7.29. The monoisotopic (exact) mass is 421 g/mol. The Morgan fingerprint density at radius 1 is 1.11 bits per heavy atom. The van der Waals surface area contributed by atoms with E-state index in [0.717, 1.165) is 24.7 Å². The fraction of sp³-hybridized carbons (Fsp3) is 0.350. The van der Waals surface area contributed by atoms with Gasteiger partial charge in [-0.1, -0.05) is 17.7 Å². The summed E-state index contributed by atoms with van der Waals surface area (Å²) in [5.74, 6) is 1.19. The van der Waals surface area contributed by atoms with Gasteiger partial charge < -0.3 is 14.4 Å². The summed E-state index contributed by atoms with van der Waals surface area (Å²) in [6.45, 7) is 1.64. The number of hydrogen-bond acceptors (Lipinski definition) is 5. The summed E-state index contributed by atoms with van der Waals surface area (Å²) in [5.41, 5.74) is 1.29. The maximum Gasteiger partial charge on any atom is 0.254 e. The number of rotatable bonds is 3. The highest BCUT2D eigenvalue weighted by Crippen LogP contribution is 2.39. The minimum Gasteiger partial charge on any atom is -0.486 e. The summed E-state index contributed by atoms with van der Waals surface area (Å²) in [6.07, 6.45) is 2.78. The zero-order valence-electron chi connectivity index (χ0n) is 15.4. The van der Waals surface area contributed by atoms with Crippen LogP contribution in [0.3, 0.4) is 0 Å². The Morgan fingerprint density at radius 2 is 1.86 bits per heavy atom. The van der Waals surface area contributed by atoms with Crippen molar-refractivity contribution in [1.82, 2.24) is 4.90 Å². The zero-order chi connectivity index (χ0) is 19.9. The fourth-order valence-corrected chi connectivity index (χ4v) is 5.01. The fourth-order valence-electron chi connectivity index (χ4n) is 3.71. The van der Waals surface area contributed by atoms with E-state index in [-0.39, 0.29) is 21.9 Å². The number of amides is 1. The topological polar surface area (TPSA) is 72.9 Å². The van der Waals surface area contributed by atoms with Crippen LogP contribution in [0.25, 0.3) is 0 Å². The Kier molecular flexibility index (Phi) is 4.97. The minimum atomic E-state index is -3.52. The van der Waals surface area contributed by atoms with Crippen LogP contribution >= 0.6 is 11.6 Å². The normalized spacial score (nSPS) is 18.9. The SMILES string of the molecule is CS(=O)(=O)c1cc(C(=O)N2CCC[C@@H]2c2ccc3c(c2)OCCO3)ccc1Cl. The van der Waals surface area contributed by atoms with Gasteiger partial charge in [-0.2, -0.15) is 0 Å². The first kappa shape index (κ1) is 19.1. The van der Waals surface area contributed by atoms with E-state index in [4.69, 9.17) is 21.1 Å². The molecule has 1 atom stereocenters. The molecule has 2 aromatic carbocycles. The molecule has 0 saturated carbocycles. The average molecular weight is 422 g/mol. The molecule has 2 aliphatic rings. The number of sulfone groups is 1. The molecule has 6 nitrogen and oxygen atoms in total. The number of likely N-dealkylation sites (tertiary alicyclic amines) is 1. The van der Waals surface area contributed by atoms with Gasteiger partial charge in [-0.05, 0) is 48.7 Å². The third-order valence-electron chi connectivity index (χ3n) is 5.04. The van der Waals surface area contributed by atoms with Crippen molar-refractivity contribution in [2.24, 2.45) is 0 Å². The van der Waals surface area contributed by atoms with Gasteiger partial charge >= 0.3 is 0 Å². The Balaban J connectivity index is 1.64. The van der Waals surface area contributed by atoms with Crippen LogP contribution in [0.5, 0.6) is 11.5 Å².